The number of anilines is 2. The molecule has 2 aliphatic rings. The number of nitrogens with zero attached hydrogens (tertiary/aromatic N) is 1. The minimum atomic E-state index is -0.173. The zero-order valence-corrected chi connectivity index (χ0v) is 16.3. The van der Waals surface area contributed by atoms with Crippen molar-refractivity contribution in [1.29, 1.82) is 0 Å². The number of hydrogen-bond acceptors (Lipinski definition) is 3. The third-order valence-corrected chi connectivity index (χ3v) is 5.64. The van der Waals surface area contributed by atoms with E-state index in [1.165, 1.54) is 0 Å². The Morgan fingerprint density at radius 1 is 1.10 bits per heavy atom. The van der Waals surface area contributed by atoms with Crippen LogP contribution in [0.5, 0.6) is 0 Å². The van der Waals surface area contributed by atoms with Crippen LogP contribution >= 0.6 is 0 Å². The second-order valence-corrected chi connectivity index (χ2v) is 7.68. The summed E-state index contributed by atoms with van der Waals surface area (Å²) in [5.74, 6) is -0.0765. The molecular weight excluding hydrogens is 366 g/mol. The molecule has 2 aromatic carbocycles. The number of para-hydroxylation sites is 1. The van der Waals surface area contributed by atoms with Crippen molar-refractivity contribution in [3.63, 3.8) is 0 Å². The molecule has 2 N–H and O–H groups in total. The molecule has 3 amide bonds. The number of nitrogens with one attached hydrogen (secondary N) is 2. The van der Waals surface area contributed by atoms with E-state index in [2.05, 4.69) is 10.6 Å². The maximum Gasteiger partial charge on any atom is 0.227 e. The normalized spacial score (nSPS) is 18.3. The van der Waals surface area contributed by atoms with Gasteiger partial charge in [-0.15, -0.1) is 0 Å². The largest absolute Gasteiger partial charge is 0.352 e. The van der Waals surface area contributed by atoms with E-state index in [9.17, 15) is 14.4 Å². The molecule has 1 atom stereocenters. The van der Waals surface area contributed by atoms with Crippen LogP contribution in [0, 0.1) is 5.92 Å². The van der Waals surface area contributed by atoms with Gasteiger partial charge in [0.15, 0.2) is 0 Å². The molecule has 0 unspecified atom stereocenters. The molecule has 29 heavy (non-hydrogen) atoms. The first-order valence-electron chi connectivity index (χ1n) is 10.1. The molecule has 0 bridgehead atoms. The van der Waals surface area contributed by atoms with Gasteiger partial charge in [-0.1, -0.05) is 30.3 Å². The van der Waals surface area contributed by atoms with Crippen molar-refractivity contribution in [2.45, 2.75) is 38.6 Å². The lowest BCUT2D eigenvalue weighted by Gasteiger charge is -2.24. The molecule has 6 nitrogen and oxygen atoms in total. The van der Waals surface area contributed by atoms with Gasteiger partial charge in [0.05, 0.1) is 0 Å². The molecule has 2 aliphatic heterocycles. The van der Waals surface area contributed by atoms with Crippen molar-refractivity contribution >= 4 is 29.1 Å². The second-order valence-electron chi connectivity index (χ2n) is 7.68. The summed E-state index contributed by atoms with van der Waals surface area (Å²) < 4.78 is 0. The number of rotatable bonds is 6. The fourth-order valence-electron chi connectivity index (χ4n) is 3.96. The average molecular weight is 391 g/mol. The van der Waals surface area contributed by atoms with Crippen LogP contribution in [0.1, 0.15) is 36.8 Å². The number of hydrogen-bond donors (Lipinski definition) is 2. The van der Waals surface area contributed by atoms with Crippen molar-refractivity contribution in [2.75, 3.05) is 16.8 Å². The number of carbonyl (C=O) groups excluding carboxylic acids is 3. The van der Waals surface area contributed by atoms with Crippen molar-refractivity contribution in [1.82, 2.24) is 5.32 Å². The summed E-state index contributed by atoms with van der Waals surface area (Å²) >= 11 is 0. The molecule has 1 saturated heterocycles. The van der Waals surface area contributed by atoms with E-state index in [1.54, 1.807) is 4.90 Å². The number of fused-ring (bicyclic) bond motifs is 1. The van der Waals surface area contributed by atoms with Crippen LogP contribution < -0.4 is 15.5 Å². The van der Waals surface area contributed by atoms with Gasteiger partial charge in [-0.05, 0) is 48.6 Å². The minimum Gasteiger partial charge on any atom is -0.352 e. The van der Waals surface area contributed by atoms with E-state index in [0.717, 1.165) is 35.5 Å². The summed E-state index contributed by atoms with van der Waals surface area (Å²) in [6, 6.07) is 15.5. The van der Waals surface area contributed by atoms with Crippen LogP contribution in [0.3, 0.4) is 0 Å². The summed E-state index contributed by atoms with van der Waals surface area (Å²) in [5, 5.41) is 5.84. The first kappa shape index (κ1) is 19.2. The lowest BCUT2D eigenvalue weighted by atomic mass is 9.89. The molecule has 6 heteroatoms. The summed E-state index contributed by atoms with van der Waals surface area (Å²) in [4.78, 5) is 38.1. The highest BCUT2D eigenvalue weighted by Gasteiger charge is 2.26. The Bertz CT molecular complexity index is 923. The Morgan fingerprint density at radius 3 is 2.66 bits per heavy atom. The van der Waals surface area contributed by atoms with E-state index < -0.39 is 0 Å². The van der Waals surface area contributed by atoms with E-state index in [1.807, 2.05) is 48.5 Å². The van der Waals surface area contributed by atoms with Crippen molar-refractivity contribution < 1.29 is 14.4 Å². The highest BCUT2D eigenvalue weighted by atomic mass is 16.2. The molecule has 2 aromatic rings. The summed E-state index contributed by atoms with van der Waals surface area (Å²) in [6.07, 6.45) is 3.04. The Hall–Kier alpha value is -3.15. The molecular formula is C23H25N3O3. The average Bonchev–Trinajstić information content (AvgIpc) is 3.17. The molecule has 2 heterocycles. The van der Waals surface area contributed by atoms with Gasteiger partial charge < -0.3 is 15.5 Å². The highest BCUT2D eigenvalue weighted by molar-refractivity contribution is 5.96. The van der Waals surface area contributed by atoms with Gasteiger partial charge >= 0.3 is 0 Å². The molecule has 0 saturated carbocycles. The van der Waals surface area contributed by atoms with Crippen LogP contribution in [-0.4, -0.2) is 24.3 Å². The molecule has 0 spiro atoms. The van der Waals surface area contributed by atoms with Gasteiger partial charge in [-0.25, -0.2) is 0 Å². The summed E-state index contributed by atoms with van der Waals surface area (Å²) in [7, 11) is 0. The summed E-state index contributed by atoms with van der Waals surface area (Å²) in [6.45, 7) is 1.21. The molecule has 0 aliphatic carbocycles. The Morgan fingerprint density at radius 2 is 1.90 bits per heavy atom. The van der Waals surface area contributed by atoms with E-state index in [4.69, 9.17) is 0 Å². The van der Waals surface area contributed by atoms with E-state index in [-0.39, 0.29) is 23.6 Å². The highest BCUT2D eigenvalue weighted by Crippen LogP contribution is 2.27. The van der Waals surface area contributed by atoms with Crippen LogP contribution in [-0.2, 0) is 27.3 Å². The van der Waals surface area contributed by atoms with Gasteiger partial charge in [0, 0.05) is 43.2 Å². The van der Waals surface area contributed by atoms with Gasteiger partial charge in [0.2, 0.25) is 17.7 Å². The third kappa shape index (κ3) is 4.47. The van der Waals surface area contributed by atoms with E-state index >= 15 is 0 Å². The second kappa shape index (κ2) is 8.47. The maximum atomic E-state index is 12.2. The molecule has 0 aromatic heterocycles. The fourth-order valence-corrected chi connectivity index (χ4v) is 3.96. The van der Waals surface area contributed by atoms with Crippen LogP contribution in [0.25, 0.3) is 0 Å². The minimum absolute atomic E-state index is 0.0106. The molecule has 150 valence electrons. The standard InChI is InChI=1S/C23H25N3O3/c27-21(12-9-18-14-17-4-1-2-5-20(17)25-23(18)29)24-15-16-7-10-19(11-8-16)26-13-3-6-22(26)28/h1-2,4-5,7-8,10-11,18H,3,6,9,12-15H2,(H,24,27)(H,25,29)/t18-/m0/s1. The lowest BCUT2D eigenvalue weighted by Crippen LogP contribution is -2.31. The Balaban J connectivity index is 1.24. The van der Waals surface area contributed by atoms with Gasteiger partial charge in [0.1, 0.15) is 0 Å². The maximum absolute atomic E-state index is 12.2. The Labute approximate surface area is 170 Å². The topological polar surface area (TPSA) is 78.5 Å². The number of amides is 3. The monoisotopic (exact) mass is 391 g/mol. The zero-order chi connectivity index (χ0) is 20.2. The van der Waals surface area contributed by atoms with Crippen LogP contribution in [0.15, 0.2) is 48.5 Å². The SMILES string of the molecule is O=C(CC[C@H]1Cc2ccccc2NC1=O)NCc1ccc(N2CCCC2=O)cc1. The Kier molecular flexibility index (Phi) is 5.60. The predicted molar refractivity (Wildman–Crippen MR) is 111 cm³/mol. The first-order valence-corrected chi connectivity index (χ1v) is 10.1. The van der Waals surface area contributed by atoms with Crippen LogP contribution in [0.4, 0.5) is 11.4 Å². The van der Waals surface area contributed by atoms with Crippen molar-refractivity contribution in [2.24, 2.45) is 5.92 Å². The van der Waals surface area contributed by atoms with Crippen molar-refractivity contribution in [3.8, 4) is 0 Å². The van der Waals surface area contributed by atoms with Gasteiger partial charge in [0.25, 0.3) is 0 Å². The fraction of sp³-hybridized carbons (Fsp3) is 0.348. The number of benzene rings is 2. The van der Waals surface area contributed by atoms with E-state index in [0.29, 0.717) is 32.2 Å². The molecule has 0 radical (unpaired) electrons. The smallest absolute Gasteiger partial charge is 0.227 e. The predicted octanol–water partition coefficient (Wildman–Crippen LogP) is 3.02. The van der Waals surface area contributed by atoms with Gasteiger partial charge in [-0.2, -0.15) is 0 Å². The van der Waals surface area contributed by atoms with Crippen LogP contribution in [0.2, 0.25) is 0 Å². The van der Waals surface area contributed by atoms with Crippen molar-refractivity contribution in [3.05, 3.63) is 59.7 Å². The van der Waals surface area contributed by atoms with Gasteiger partial charge in [-0.3, -0.25) is 14.4 Å². The zero-order valence-electron chi connectivity index (χ0n) is 16.3. The lowest BCUT2D eigenvalue weighted by molar-refractivity contribution is -0.123. The quantitative estimate of drug-likeness (QED) is 0.795. The molecule has 4 rings (SSSR count). The third-order valence-electron chi connectivity index (χ3n) is 5.64. The number of carbonyl (C=O) groups is 3. The molecule has 1 fully saturated rings. The first-order chi connectivity index (χ1) is 14.1. The summed E-state index contributed by atoms with van der Waals surface area (Å²) in [5.41, 5.74) is 3.88.